The van der Waals surface area contributed by atoms with E-state index in [0.717, 1.165) is 6.42 Å². The fourth-order valence-corrected chi connectivity index (χ4v) is 1.91. The Morgan fingerprint density at radius 2 is 1.75 bits per heavy atom. The van der Waals surface area contributed by atoms with E-state index in [1.165, 1.54) is 16.7 Å². The third-order valence-corrected chi connectivity index (χ3v) is 3.41. The van der Waals surface area contributed by atoms with Gasteiger partial charge in [0.05, 0.1) is 5.92 Å². The summed E-state index contributed by atoms with van der Waals surface area (Å²) in [7, 11) is 0. The van der Waals surface area contributed by atoms with Crippen molar-refractivity contribution in [3.05, 3.63) is 34.9 Å². The van der Waals surface area contributed by atoms with Crippen LogP contribution in [0.25, 0.3) is 0 Å². The van der Waals surface area contributed by atoms with Crippen molar-refractivity contribution in [1.29, 1.82) is 0 Å². The zero-order chi connectivity index (χ0) is 12.3. The van der Waals surface area contributed by atoms with Crippen molar-refractivity contribution in [1.82, 2.24) is 0 Å². The Bertz CT molecular complexity index is 362. The monoisotopic (exact) mass is 220 g/mol. The summed E-state index contributed by atoms with van der Waals surface area (Å²) in [5, 5.41) is 8.97. The number of hydrogen-bond donors (Lipinski definition) is 1. The van der Waals surface area contributed by atoms with Crippen LogP contribution in [-0.2, 0) is 11.2 Å². The molecule has 0 aliphatic carbocycles. The topological polar surface area (TPSA) is 37.3 Å². The number of rotatable bonds is 4. The highest BCUT2D eigenvalue weighted by Crippen LogP contribution is 2.22. The van der Waals surface area contributed by atoms with Gasteiger partial charge in [-0.25, -0.2) is 0 Å². The van der Waals surface area contributed by atoms with E-state index in [0.29, 0.717) is 0 Å². The summed E-state index contributed by atoms with van der Waals surface area (Å²) in [6, 6.07) is 6.21. The van der Waals surface area contributed by atoms with E-state index >= 15 is 0 Å². The van der Waals surface area contributed by atoms with Gasteiger partial charge < -0.3 is 5.11 Å². The largest absolute Gasteiger partial charge is 0.481 e. The zero-order valence-corrected chi connectivity index (χ0v) is 10.4. The minimum atomic E-state index is -0.710. The Labute approximate surface area is 97.3 Å². The Morgan fingerprint density at radius 3 is 2.19 bits per heavy atom. The maximum absolute atomic E-state index is 10.9. The van der Waals surface area contributed by atoms with Gasteiger partial charge in [-0.2, -0.15) is 0 Å². The van der Waals surface area contributed by atoms with Gasteiger partial charge in [0.2, 0.25) is 0 Å². The maximum Gasteiger partial charge on any atom is 0.306 e. The van der Waals surface area contributed by atoms with Gasteiger partial charge in [-0.1, -0.05) is 32.0 Å². The molecule has 0 bridgehead atoms. The molecule has 0 radical (unpaired) electrons. The first kappa shape index (κ1) is 12.8. The predicted molar refractivity (Wildman–Crippen MR) is 65.6 cm³/mol. The second kappa shape index (κ2) is 5.15. The second-order valence-electron chi connectivity index (χ2n) is 4.68. The van der Waals surface area contributed by atoms with Gasteiger partial charge in [0.1, 0.15) is 0 Å². The molecule has 0 fully saturated rings. The third kappa shape index (κ3) is 2.84. The van der Waals surface area contributed by atoms with Gasteiger partial charge in [0, 0.05) is 0 Å². The van der Waals surface area contributed by atoms with E-state index in [2.05, 4.69) is 26.0 Å². The SMILES string of the molecule is Cc1cccc(C)c1CC(C)C(C)C(=O)O. The highest BCUT2D eigenvalue weighted by molar-refractivity contribution is 5.69. The Balaban J connectivity index is 2.84. The Hall–Kier alpha value is -1.31. The van der Waals surface area contributed by atoms with Crippen LogP contribution in [0.4, 0.5) is 0 Å². The normalized spacial score (nSPS) is 14.5. The van der Waals surface area contributed by atoms with E-state index in [1.807, 2.05) is 13.0 Å². The molecule has 0 heterocycles. The summed E-state index contributed by atoms with van der Waals surface area (Å²) >= 11 is 0. The Kier molecular flexibility index (Phi) is 4.11. The van der Waals surface area contributed by atoms with Gasteiger partial charge in [0.15, 0.2) is 0 Å². The van der Waals surface area contributed by atoms with Gasteiger partial charge >= 0.3 is 5.97 Å². The molecule has 16 heavy (non-hydrogen) atoms. The number of hydrogen-bond acceptors (Lipinski definition) is 1. The number of carbonyl (C=O) groups is 1. The summed E-state index contributed by atoms with van der Waals surface area (Å²) in [6.45, 7) is 7.95. The van der Waals surface area contributed by atoms with Crippen LogP contribution in [0.15, 0.2) is 18.2 Å². The van der Waals surface area contributed by atoms with Crippen LogP contribution in [0.1, 0.15) is 30.5 Å². The number of aryl methyl sites for hydroxylation is 2. The van der Waals surface area contributed by atoms with Crippen molar-refractivity contribution >= 4 is 5.97 Å². The van der Waals surface area contributed by atoms with Crippen LogP contribution in [0, 0.1) is 25.7 Å². The van der Waals surface area contributed by atoms with Crippen molar-refractivity contribution in [3.8, 4) is 0 Å². The summed E-state index contributed by atoms with van der Waals surface area (Å²) in [6.07, 6.45) is 0.839. The minimum Gasteiger partial charge on any atom is -0.481 e. The highest BCUT2D eigenvalue weighted by Gasteiger charge is 2.20. The van der Waals surface area contributed by atoms with Gasteiger partial charge in [-0.05, 0) is 42.9 Å². The second-order valence-corrected chi connectivity index (χ2v) is 4.68. The van der Waals surface area contributed by atoms with E-state index < -0.39 is 5.97 Å². The molecule has 88 valence electrons. The van der Waals surface area contributed by atoms with Crippen molar-refractivity contribution in [2.24, 2.45) is 11.8 Å². The molecule has 2 heteroatoms. The zero-order valence-electron chi connectivity index (χ0n) is 10.4. The van der Waals surface area contributed by atoms with E-state index in [-0.39, 0.29) is 11.8 Å². The van der Waals surface area contributed by atoms with Gasteiger partial charge in [-0.3, -0.25) is 4.79 Å². The molecule has 2 unspecified atom stereocenters. The van der Waals surface area contributed by atoms with Crippen molar-refractivity contribution in [3.63, 3.8) is 0 Å². The van der Waals surface area contributed by atoms with Gasteiger partial charge in [-0.15, -0.1) is 0 Å². The first-order valence-electron chi connectivity index (χ1n) is 5.71. The fraction of sp³-hybridized carbons (Fsp3) is 0.500. The van der Waals surface area contributed by atoms with E-state index in [9.17, 15) is 4.79 Å². The smallest absolute Gasteiger partial charge is 0.306 e. The molecule has 0 saturated heterocycles. The van der Waals surface area contributed by atoms with Crippen LogP contribution >= 0.6 is 0 Å². The number of carboxylic acids is 1. The lowest BCUT2D eigenvalue weighted by atomic mass is 9.86. The average Bonchev–Trinajstić information content (AvgIpc) is 2.22. The Morgan fingerprint density at radius 1 is 1.25 bits per heavy atom. The molecule has 2 nitrogen and oxygen atoms in total. The molecule has 1 N–H and O–H groups in total. The first-order valence-corrected chi connectivity index (χ1v) is 5.71. The van der Waals surface area contributed by atoms with Crippen LogP contribution in [0.2, 0.25) is 0 Å². The summed E-state index contributed by atoms with van der Waals surface area (Å²) in [5.41, 5.74) is 3.80. The average molecular weight is 220 g/mol. The lowest BCUT2D eigenvalue weighted by molar-refractivity contribution is -0.142. The molecule has 2 atom stereocenters. The first-order chi connectivity index (χ1) is 7.43. The van der Waals surface area contributed by atoms with Crippen LogP contribution < -0.4 is 0 Å². The third-order valence-electron chi connectivity index (χ3n) is 3.41. The lowest BCUT2D eigenvalue weighted by Crippen LogP contribution is -2.20. The molecule has 0 aromatic heterocycles. The summed E-state index contributed by atoms with van der Waals surface area (Å²) in [5.74, 6) is -0.838. The molecule has 0 spiro atoms. The number of carboxylic acid groups (broad SMARTS) is 1. The van der Waals surface area contributed by atoms with Crippen molar-refractivity contribution in [2.45, 2.75) is 34.1 Å². The molecule has 0 aliphatic heterocycles. The lowest BCUT2D eigenvalue weighted by Gasteiger charge is -2.18. The fourth-order valence-electron chi connectivity index (χ4n) is 1.91. The van der Waals surface area contributed by atoms with E-state index in [4.69, 9.17) is 5.11 Å². The molecular formula is C14H20O2. The molecular weight excluding hydrogens is 200 g/mol. The van der Waals surface area contributed by atoms with Crippen LogP contribution in [0.3, 0.4) is 0 Å². The molecule has 0 amide bonds. The quantitative estimate of drug-likeness (QED) is 0.846. The van der Waals surface area contributed by atoms with Crippen molar-refractivity contribution in [2.75, 3.05) is 0 Å². The molecule has 1 aromatic carbocycles. The van der Waals surface area contributed by atoms with E-state index in [1.54, 1.807) is 6.92 Å². The van der Waals surface area contributed by atoms with Crippen LogP contribution in [-0.4, -0.2) is 11.1 Å². The number of aliphatic carboxylic acids is 1. The van der Waals surface area contributed by atoms with Crippen molar-refractivity contribution < 1.29 is 9.90 Å². The summed E-state index contributed by atoms with van der Waals surface area (Å²) < 4.78 is 0. The molecule has 0 saturated carbocycles. The highest BCUT2D eigenvalue weighted by atomic mass is 16.4. The molecule has 1 aromatic rings. The molecule has 1 rings (SSSR count). The number of benzene rings is 1. The predicted octanol–water partition coefficient (Wildman–Crippen LogP) is 3.20. The summed E-state index contributed by atoms with van der Waals surface area (Å²) in [4.78, 5) is 10.9. The minimum absolute atomic E-state index is 0.164. The standard InChI is InChI=1S/C14H20O2/c1-9-6-5-7-10(2)13(9)8-11(3)12(4)14(15)16/h5-7,11-12H,8H2,1-4H3,(H,15,16). The maximum atomic E-state index is 10.9. The van der Waals surface area contributed by atoms with Gasteiger partial charge in [0.25, 0.3) is 0 Å². The van der Waals surface area contributed by atoms with Crippen LogP contribution in [0.5, 0.6) is 0 Å². The molecule has 0 aliphatic rings.